The summed E-state index contributed by atoms with van der Waals surface area (Å²) in [5.41, 5.74) is 7.26. The van der Waals surface area contributed by atoms with Crippen molar-refractivity contribution >= 4 is 5.71 Å². The second kappa shape index (κ2) is 4.46. The molecule has 0 heterocycles. The molecule has 0 saturated carbocycles. The van der Waals surface area contributed by atoms with Crippen molar-refractivity contribution in [2.45, 2.75) is 13.3 Å². The Bertz CT molecular complexity index is 369. The molecule has 0 aromatic heterocycles. The van der Waals surface area contributed by atoms with Crippen LogP contribution in [-0.2, 0) is 0 Å². The van der Waals surface area contributed by atoms with Crippen LogP contribution in [0.15, 0.2) is 36.0 Å². The van der Waals surface area contributed by atoms with Crippen molar-refractivity contribution in [3.63, 3.8) is 0 Å². The maximum atomic E-state index is 9.20. The van der Waals surface area contributed by atoms with Crippen LogP contribution < -0.4 is 5.73 Å². The Kier molecular flexibility index (Phi) is 3.29. The van der Waals surface area contributed by atoms with E-state index in [0.717, 1.165) is 6.42 Å². The normalized spacial score (nSPS) is 11.4. The van der Waals surface area contributed by atoms with E-state index >= 15 is 0 Å². The number of aromatic hydroxyl groups is 1. The van der Waals surface area contributed by atoms with Gasteiger partial charge in [0.2, 0.25) is 0 Å². The number of rotatable bonds is 3. The third-order valence-electron chi connectivity index (χ3n) is 1.90. The molecule has 0 atom stereocenters. The van der Waals surface area contributed by atoms with Crippen molar-refractivity contribution in [3.05, 3.63) is 41.6 Å². The van der Waals surface area contributed by atoms with Crippen LogP contribution in [0.3, 0.4) is 0 Å². The Morgan fingerprint density at radius 3 is 2.86 bits per heavy atom. The van der Waals surface area contributed by atoms with Gasteiger partial charge in [-0.1, -0.05) is 19.1 Å². The average molecular weight is 190 g/mol. The predicted molar refractivity (Wildman–Crippen MR) is 57.5 cm³/mol. The molecule has 0 fully saturated rings. The largest absolute Gasteiger partial charge is 0.508 e. The molecule has 0 aliphatic heterocycles. The first-order valence-corrected chi connectivity index (χ1v) is 4.47. The lowest BCUT2D eigenvalue weighted by atomic mass is 10.1. The van der Waals surface area contributed by atoms with Crippen LogP contribution in [0.1, 0.15) is 18.9 Å². The van der Waals surface area contributed by atoms with Crippen LogP contribution in [0.4, 0.5) is 0 Å². The number of phenols is 1. The summed E-state index contributed by atoms with van der Waals surface area (Å²) >= 11 is 0. The highest BCUT2D eigenvalue weighted by atomic mass is 16.3. The highest BCUT2D eigenvalue weighted by Gasteiger charge is 1.99. The molecule has 0 bridgehead atoms. The Morgan fingerprint density at radius 2 is 2.29 bits per heavy atom. The summed E-state index contributed by atoms with van der Waals surface area (Å²) < 4.78 is 0. The highest BCUT2D eigenvalue weighted by Crippen LogP contribution is 2.12. The van der Waals surface area contributed by atoms with Crippen LogP contribution in [-0.4, -0.2) is 10.8 Å². The molecule has 3 nitrogen and oxygen atoms in total. The van der Waals surface area contributed by atoms with Gasteiger partial charge in [-0.3, -0.25) is 0 Å². The lowest BCUT2D eigenvalue weighted by molar-refractivity contribution is 0.475. The first-order valence-electron chi connectivity index (χ1n) is 4.47. The summed E-state index contributed by atoms with van der Waals surface area (Å²) in [6, 6.07) is 6.59. The van der Waals surface area contributed by atoms with Gasteiger partial charge in [0.05, 0.1) is 5.71 Å². The standard InChI is InChI=1S/C11H14N2O/c1-2-9(12)7-11(13)8-4-3-5-10(14)6-8/h3-7,13-14H,2,12H2,1H3. The van der Waals surface area contributed by atoms with Gasteiger partial charge in [0.15, 0.2) is 0 Å². The average Bonchev–Trinajstić information content (AvgIpc) is 2.17. The van der Waals surface area contributed by atoms with E-state index in [2.05, 4.69) is 0 Å². The number of hydrogen-bond donors (Lipinski definition) is 3. The number of benzene rings is 1. The van der Waals surface area contributed by atoms with Gasteiger partial charge in [0.1, 0.15) is 5.75 Å². The number of phenolic OH excluding ortho intramolecular Hbond substituents is 1. The number of hydrogen-bond acceptors (Lipinski definition) is 3. The third kappa shape index (κ3) is 2.62. The van der Waals surface area contributed by atoms with E-state index < -0.39 is 0 Å². The molecule has 0 radical (unpaired) electrons. The van der Waals surface area contributed by atoms with E-state index in [-0.39, 0.29) is 5.75 Å². The van der Waals surface area contributed by atoms with E-state index in [1.165, 1.54) is 0 Å². The zero-order valence-corrected chi connectivity index (χ0v) is 8.12. The van der Waals surface area contributed by atoms with Crippen LogP contribution in [0.25, 0.3) is 0 Å². The molecular weight excluding hydrogens is 176 g/mol. The number of allylic oxidation sites excluding steroid dienone is 2. The van der Waals surface area contributed by atoms with Gasteiger partial charge in [-0.2, -0.15) is 0 Å². The monoisotopic (exact) mass is 190 g/mol. The summed E-state index contributed by atoms with van der Waals surface area (Å²) in [4.78, 5) is 0. The summed E-state index contributed by atoms with van der Waals surface area (Å²) in [7, 11) is 0. The summed E-state index contributed by atoms with van der Waals surface area (Å²) in [5, 5.41) is 16.9. The van der Waals surface area contributed by atoms with Crippen molar-refractivity contribution < 1.29 is 5.11 Å². The number of nitrogens with two attached hydrogens (primary N) is 1. The molecule has 1 aromatic carbocycles. The molecule has 4 N–H and O–H groups in total. The van der Waals surface area contributed by atoms with Gasteiger partial charge < -0.3 is 16.2 Å². The van der Waals surface area contributed by atoms with E-state index in [0.29, 0.717) is 17.0 Å². The van der Waals surface area contributed by atoms with Gasteiger partial charge in [0.25, 0.3) is 0 Å². The van der Waals surface area contributed by atoms with Gasteiger partial charge in [-0.25, -0.2) is 0 Å². The van der Waals surface area contributed by atoms with Crippen LogP contribution in [0, 0.1) is 5.41 Å². The zero-order chi connectivity index (χ0) is 10.6. The minimum Gasteiger partial charge on any atom is -0.508 e. The Balaban J connectivity index is 2.90. The lowest BCUT2D eigenvalue weighted by Crippen LogP contribution is -2.01. The minimum atomic E-state index is 0.163. The molecule has 0 aliphatic rings. The molecule has 0 unspecified atom stereocenters. The van der Waals surface area contributed by atoms with E-state index in [1.54, 1.807) is 30.3 Å². The fraction of sp³-hybridized carbons (Fsp3) is 0.182. The summed E-state index contributed by atoms with van der Waals surface area (Å²) in [5.74, 6) is 0.163. The van der Waals surface area contributed by atoms with E-state index in [1.807, 2.05) is 6.92 Å². The molecule has 1 rings (SSSR count). The Labute approximate surface area is 83.4 Å². The number of nitrogens with one attached hydrogen (secondary N) is 1. The molecule has 0 saturated heterocycles. The fourth-order valence-electron chi connectivity index (χ4n) is 1.04. The Morgan fingerprint density at radius 1 is 1.57 bits per heavy atom. The third-order valence-corrected chi connectivity index (χ3v) is 1.90. The van der Waals surface area contributed by atoms with Crippen LogP contribution >= 0.6 is 0 Å². The maximum absolute atomic E-state index is 9.20. The topological polar surface area (TPSA) is 70.1 Å². The molecular formula is C11H14N2O. The van der Waals surface area contributed by atoms with Crippen molar-refractivity contribution in [3.8, 4) is 5.75 Å². The second-order valence-corrected chi connectivity index (χ2v) is 3.04. The van der Waals surface area contributed by atoms with Gasteiger partial charge in [-0.05, 0) is 24.6 Å². The maximum Gasteiger partial charge on any atom is 0.116 e. The smallest absolute Gasteiger partial charge is 0.116 e. The van der Waals surface area contributed by atoms with Crippen LogP contribution in [0.5, 0.6) is 5.75 Å². The first-order chi connectivity index (χ1) is 6.63. The van der Waals surface area contributed by atoms with E-state index in [4.69, 9.17) is 11.1 Å². The van der Waals surface area contributed by atoms with Gasteiger partial charge in [-0.15, -0.1) is 0 Å². The SMILES string of the molecule is CCC(N)=CC(=N)c1cccc(O)c1. The van der Waals surface area contributed by atoms with Crippen LogP contribution in [0.2, 0.25) is 0 Å². The first kappa shape index (κ1) is 10.3. The lowest BCUT2D eigenvalue weighted by Gasteiger charge is -2.01. The molecule has 1 aromatic rings. The molecule has 3 heteroatoms. The summed E-state index contributed by atoms with van der Waals surface area (Å²) in [6.45, 7) is 1.93. The van der Waals surface area contributed by atoms with Gasteiger partial charge >= 0.3 is 0 Å². The molecule has 0 aliphatic carbocycles. The fourth-order valence-corrected chi connectivity index (χ4v) is 1.04. The minimum absolute atomic E-state index is 0.163. The van der Waals surface area contributed by atoms with Gasteiger partial charge in [0, 0.05) is 11.3 Å². The molecule has 0 spiro atoms. The molecule has 74 valence electrons. The molecule has 14 heavy (non-hydrogen) atoms. The van der Waals surface area contributed by atoms with E-state index in [9.17, 15) is 5.11 Å². The van der Waals surface area contributed by atoms with Crippen molar-refractivity contribution in [1.29, 1.82) is 5.41 Å². The predicted octanol–water partition coefficient (Wildman–Crippen LogP) is 2.01. The molecule has 0 amide bonds. The summed E-state index contributed by atoms with van der Waals surface area (Å²) in [6.07, 6.45) is 2.33. The van der Waals surface area contributed by atoms with Crippen molar-refractivity contribution in [2.75, 3.05) is 0 Å². The Hall–Kier alpha value is -1.77. The van der Waals surface area contributed by atoms with Crippen molar-refractivity contribution in [1.82, 2.24) is 0 Å². The highest BCUT2D eigenvalue weighted by molar-refractivity contribution is 6.07. The quantitative estimate of drug-likeness (QED) is 0.638. The second-order valence-electron chi connectivity index (χ2n) is 3.04. The zero-order valence-electron chi connectivity index (χ0n) is 8.12. The van der Waals surface area contributed by atoms with Crippen molar-refractivity contribution in [2.24, 2.45) is 5.73 Å².